The molecule has 134 valence electrons. The third-order valence-corrected chi connectivity index (χ3v) is 7.04. The molecule has 0 radical (unpaired) electrons. The summed E-state index contributed by atoms with van der Waals surface area (Å²) in [6.07, 6.45) is 4.01. The summed E-state index contributed by atoms with van der Waals surface area (Å²) >= 11 is 9.03. The first-order valence-corrected chi connectivity index (χ1v) is 10.7. The SMILES string of the molecule is O=c1[nH]c(=O)n(C2CC2)c2nc(C3CC3)nc(SCc3ccc(Cl)s3)c12. The molecule has 2 aliphatic carbocycles. The number of H-pyrrole nitrogens is 1. The number of aromatic nitrogens is 4. The van der Waals surface area contributed by atoms with Crippen LogP contribution in [-0.2, 0) is 5.75 Å². The molecule has 0 atom stereocenters. The molecule has 0 unspecified atom stereocenters. The van der Waals surface area contributed by atoms with Crippen molar-refractivity contribution in [3.8, 4) is 0 Å². The predicted octanol–water partition coefficient (Wildman–Crippen LogP) is 3.70. The van der Waals surface area contributed by atoms with Gasteiger partial charge in [-0.3, -0.25) is 14.3 Å². The van der Waals surface area contributed by atoms with E-state index in [0.717, 1.165) is 40.7 Å². The predicted molar refractivity (Wildman–Crippen MR) is 104 cm³/mol. The Hall–Kier alpha value is -1.64. The smallest absolute Gasteiger partial charge is 0.274 e. The molecule has 2 fully saturated rings. The van der Waals surface area contributed by atoms with Crippen LogP contribution in [0.25, 0.3) is 11.0 Å². The van der Waals surface area contributed by atoms with Gasteiger partial charge < -0.3 is 0 Å². The first kappa shape index (κ1) is 16.5. The molecule has 0 bridgehead atoms. The molecule has 2 saturated carbocycles. The zero-order valence-electron chi connectivity index (χ0n) is 13.7. The Balaban J connectivity index is 1.66. The van der Waals surface area contributed by atoms with Crippen LogP contribution < -0.4 is 11.2 Å². The highest BCUT2D eigenvalue weighted by Gasteiger charge is 2.32. The van der Waals surface area contributed by atoms with E-state index in [9.17, 15) is 9.59 Å². The number of nitrogens with one attached hydrogen (secondary N) is 1. The summed E-state index contributed by atoms with van der Waals surface area (Å²) in [5.74, 6) is 1.77. The molecule has 0 aromatic carbocycles. The molecular weight excluding hydrogens is 392 g/mol. The van der Waals surface area contributed by atoms with Crippen molar-refractivity contribution in [2.75, 3.05) is 0 Å². The molecular formula is C17H15ClN4O2S2. The number of halogens is 1. The van der Waals surface area contributed by atoms with Crippen molar-refractivity contribution in [3.63, 3.8) is 0 Å². The summed E-state index contributed by atoms with van der Waals surface area (Å²) < 4.78 is 2.39. The molecule has 0 aliphatic heterocycles. The molecule has 26 heavy (non-hydrogen) atoms. The van der Waals surface area contributed by atoms with Crippen LogP contribution in [0.2, 0.25) is 4.34 Å². The van der Waals surface area contributed by atoms with E-state index >= 15 is 0 Å². The number of aromatic amines is 1. The molecule has 9 heteroatoms. The topological polar surface area (TPSA) is 80.6 Å². The van der Waals surface area contributed by atoms with Crippen molar-refractivity contribution >= 4 is 45.7 Å². The molecule has 0 saturated heterocycles. The second kappa shape index (κ2) is 6.21. The Kier molecular flexibility index (Phi) is 3.95. The van der Waals surface area contributed by atoms with Gasteiger partial charge in [0.2, 0.25) is 0 Å². The number of hydrogen-bond donors (Lipinski definition) is 1. The van der Waals surface area contributed by atoms with E-state index in [-0.39, 0.29) is 11.7 Å². The number of nitrogens with zero attached hydrogens (tertiary/aromatic N) is 3. The Morgan fingerprint density at radius 1 is 1.23 bits per heavy atom. The van der Waals surface area contributed by atoms with Crippen LogP contribution in [0.1, 0.15) is 48.3 Å². The van der Waals surface area contributed by atoms with Crippen molar-refractivity contribution in [1.82, 2.24) is 19.5 Å². The minimum atomic E-state index is -0.407. The fraction of sp³-hybridized carbons (Fsp3) is 0.412. The van der Waals surface area contributed by atoms with Crippen LogP contribution in [0.5, 0.6) is 0 Å². The Bertz CT molecular complexity index is 1130. The summed E-state index contributed by atoms with van der Waals surface area (Å²) in [5, 5.41) is 1.07. The molecule has 3 heterocycles. The van der Waals surface area contributed by atoms with Gasteiger partial charge in [-0.2, -0.15) is 0 Å². The van der Waals surface area contributed by atoms with Gasteiger partial charge >= 0.3 is 5.69 Å². The standard InChI is InChI=1S/C17H15ClN4O2S2/c18-11-6-5-10(26-11)7-25-16-12-14(19-13(20-16)8-1-2-8)22(9-3-4-9)17(24)21-15(12)23/h5-6,8-9H,1-4,7H2,(H,21,23,24). The van der Waals surface area contributed by atoms with E-state index in [1.807, 2.05) is 12.1 Å². The van der Waals surface area contributed by atoms with Gasteiger partial charge in [0.1, 0.15) is 16.2 Å². The van der Waals surface area contributed by atoms with Gasteiger partial charge in [-0.05, 0) is 37.8 Å². The zero-order chi connectivity index (χ0) is 17.8. The summed E-state index contributed by atoms with van der Waals surface area (Å²) in [7, 11) is 0. The second-order valence-electron chi connectivity index (χ2n) is 6.71. The third-order valence-electron chi connectivity index (χ3n) is 4.60. The van der Waals surface area contributed by atoms with Crippen molar-refractivity contribution in [3.05, 3.63) is 48.0 Å². The zero-order valence-corrected chi connectivity index (χ0v) is 16.1. The lowest BCUT2D eigenvalue weighted by atomic mass is 10.3. The van der Waals surface area contributed by atoms with E-state index in [2.05, 4.69) is 15.0 Å². The van der Waals surface area contributed by atoms with Crippen LogP contribution in [-0.4, -0.2) is 19.5 Å². The molecule has 0 amide bonds. The van der Waals surface area contributed by atoms with Gasteiger partial charge in [0, 0.05) is 22.6 Å². The number of hydrogen-bond acceptors (Lipinski definition) is 6. The van der Waals surface area contributed by atoms with E-state index < -0.39 is 5.56 Å². The monoisotopic (exact) mass is 406 g/mol. The average molecular weight is 407 g/mol. The quantitative estimate of drug-likeness (QED) is 0.516. The fourth-order valence-electron chi connectivity index (χ4n) is 3.00. The lowest BCUT2D eigenvalue weighted by molar-refractivity contribution is 0.691. The molecule has 1 N–H and O–H groups in total. The van der Waals surface area contributed by atoms with Gasteiger partial charge in [0.05, 0.1) is 4.34 Å². The summed E-state index contributed by atoms with van der Waals surface area (Å²) in [6.45, 7) is 0. The first-order chi connectivity index (χ1) is 12.6. The van der Waals surface area contributed by atoms with E-state index in [1.54, 1.807) is 4.57 Å². The lowest BCUT2D eigenvalue weighted by Gasteiger charge is -2.11. The van der Waals surface area contributed by atoms with Gasteiger partial charge in [-0.25, -0.2) is 14.8 Å². The van der Waals surface area contributed by atoms with Crippen molar-refractivity contribution < 1.29 is 0 Å². The molecule has 6 nitrogen and oxygen atoms in total. The summed E-state index contributed by atoms with van der Waals surface area (Å²) in [4.78, 5) is 37.8. The minimum absolute atomic E-state index is 0.137. The minimum Gasteiger partial charge on any atom is -0.274 e. The first-order valence-electron chi connectivity index (χ1n) is 8.53. The molecule has 5 rings (SSSR count). The second-order valence-corrected chi connectivity index (χ2v) is 9.48. The normalized spacial score (nSPS) is 17.1. The van der Waals surface area contributed by atoms with Crippen LogP contribution in [0, 0.1) is 0 Å². The van der Waals surface area contributed by atoms with Gasteiger partial charge in [-0.15, -0.1) is 11.3 Å². The van der Waals surface area contributed by atoms with Crippen LogP contribution in [0.3, 0.4) is 0 Å². The highest BCUT2D eigenvalue weighted by molar-refractivity contribution is 7.98. The average Bonchev–Trinajstić information content (AvgIpc) is 3.51. The maximum Gasteiger partial charge on any atom is 0.330 e. The van der Waals surface area contributed by atoms with Gasteiger partial charge in [0.25, 0.3) is 5.56 Å². The van der Waals surface area contributed by atoms with Crippen molar-refractivity contribution in [1.29, 1.82) is 0 Å². The van der Waals surface area contributed by atoms with E-state index in [4.69, 9.17) is 11.6 Å². The largest absolute Gasteiger partial charge is 0.330 e. The highest BCUT2D eigenvalue weighted by atomic mass is 35.5. The molecule has 3 aromatic heterocycles. The summed E-state index contributed by atoms with van der Waals surface area (Å²) in [5.41, 5.74) is -0.285. The van der Waals surface area contributed by atoms with E-state index in [1.165, 1.54) is 23.1 Å². The number of thiophene rings is 1. The number of rotatable bonds is 5. The molecule has 0 spiro atoms. The maximum absolute atomic E-state index is 12.5. The highest BCUT2D eigenvalue weighted by Crippen LogP contribution is 2.41. The molecule has 2 aliphatic rings. The molecule has 3 aromatic rings. The Labute approximate surface area is 161 Å². The van der Waals surface area contributed by atoms with Gasteiger partial charge in [-0.1, -0.05) is 23.4 Å². The third kappa shape index (κ3) is 3.00. The van der Waals surface area contributed by atoms with E-state index in [0.29, 0.717) is 27.7 Å². The number of fused-ring (bicyclic) bond motifs is 1. The van der Waals surface area contributed by atoms with Crippen LogP contribution >= 0.6 is 34.7 Å². The fourth-order valence-corrected chi connectivity index (χ4v) is 5.16. The summed E-state index contributed by atoms with van der Waals surface area (Å²) in [6, 6.07) is 3.99. The Morgan fingerprint density at radius 2 is 2.04 bits per heavy atom. The van der Waals surface area contributed by atoms with Crippen molar-refractivity contribution in [2.24, 2.45) is 0 Å². The van der Waals surface area contributed by atoms with Gasteiger partial charge in [0.15, 0.2) is 5.65 Å². The number of thioether (sulfide) groups is 1. The van der Waals surface area contributed by atoms with Crippen LogP contribution in [0.4, 0.5) is 0 Å². The van der Waals surface area contributed by atoms with Crippen LogP contribution in [0.15, 0.2) is 26.7 Å². The Morgan fingerprint density at radius 3 is 2.69 bits per heavy atom. The maximum atomic E-state index is 12.5. The lowest BCUT2D eigenvalue weighted by Crippen LogP contribution is -2.31. The van der Waals surface area contributed by atoms with Crippen molar-refractivity contribution in [2.45, 2.75) is 48.4 Å².